The quantitative estimate of drug-likeness (QED) is 0.918. The van der Waals surface area contributed by atoms with Crippen molar-refractivity contribution in [1.29, 1.82) is 0 Å². The molecule has 128 valence electrons. The first-order chi connectivity index (χ1) is 10.7. The summed E-state index contributed by atoms with van der Waals surface area (Å²) in [6, 6.07) is 5.97. The monoisotopic (exact) mass is 323 g/mol. The summed E-state index contributed by atoms with van der Waals surface area (Å²) in [5, 5.41) is 10.3. The van der Waals surface area contributed by atoms with E-state index in [1.807, 2.05) is 20.8 Å². The zero-order valence-corrected chi connectivity index (χ0v) is 14.1. The Balaban J connectivity index is 1.80. The normalized spacial score (nSPS) is 17.9. The van der Waals surface area contributed by atoms with Gasteiger partial charge in [-0.05, 0) is 63.6 Å². The highest BCUT2D eigenvalue weighted by molar-refractivity contribution is 5.68. The van der Waals surface area contributed by atoms with Crippen LogP contribution in [-0.4, -0.2) is 34.8 Å². The summed E-state index contributed by atoms with van der Waals surface area (Å²) in [7, 11) is 0. The summed E-state index contributed by atoms with van der Waals surface area (Å²) in [6.07, 6.45) is 1.46. The molecular weight excluding hydrogens is 297 g/mol. The first-order valence-corrected chi connectivity index (χ1v) is 8.16. The van der Waals surface area contributed by atoms with Crippen LogP contribution in [0.3, 0.4) is 0 Å². The van der Waals surface area contributed by atoms with E-state index in [1.165, 1.54) is 12.1 Å². The van der Waals surface area contributed by atoms with Crippen molar-refractivity contribution in [3.8, 4) is 0 Å². The average Bonchev–Trinajstić information content (AvgIpc) is 2.46. The van der Waals surface area contributed by atoms with Gasteiger partial charge in [0.1, 0.15) is 11.4 Å². The number of piperidine rings is 1. The lowest BCUT2D eigenvalue weighted by molar-refractivity contribution is 0.0161. The van der Waals surface area contributed by atoms with Crippen LogP contribution in [0.15, 0.2) is 24.3 Å². The number of amides is 1. The van der Waals surface area contributed by atoms with Crippen LogP contribution in [0.4, 0.5) is 9.18 Å². The van der Waals surface area contributed by atoms with Crippen LogP contribution in [0, 0.1) is 11.7 Å². The van der Waals surface area contributed by atoms with Crippen molar-refractivity contribution < 1.29 is 19.0 Å². The molecule has 0 spiro atoms. The third-order valence-electron chi connectivity index (χ3n) is 4.08. The first kappa shape index (κ1) is 17.7. The van der Waals surface area contributed by atoms with Gasteiger partial charge in [0.15, 0.2) is 0 Å². The summed E-state index contributed by atoms with van der Waals surface area (Å²) in [6.45, 7) is 6.87. The SMILES string of the molecule is CC(C)(C)OC(=O)N1CCC(C[C@H](O)c2ccc(F)cc2)CC1. The van der Waals surface area contributed by atoms with E-state index >= 15 is 0 Å². The number of aliphatic hydroxyl groups excluding tert-OH is 1. The predicted molar refractivity (Wildman–Crippen MR) is 86.5 cm³/mol. The van der Waals surface area contributed by atoms with Crippen LogP contribution in [0.2, 0.25) is 0 Å². The highest BCUT2D eigenvalue weighted by Crippen LogP contribution is 2.29. The van der Waals surface area contributed by atoms with Gasteiger partial charge in [0, 0.05) is 13.1 Å². The molecule has 1 aliphatic heterocycles. The maximum Gasteiger partial charge on any atom is 0.410 e. The van der Waals surface area contributed by atoms with E-state index in [2.05, 4.69) is 0 Å². The largest absolute Gasteiger partial charge is 0.444 e. The van der Waals surface area contributed by atoms with E-state index in [-0.39, 0.29) is 11.9 Å². The predicted octanol–water partition coefficient (Wildman–Crippen LogP) is 3.90. The van der Waals surface area contributed by atoms with E-state index < -0.39 is 11.7 Å². The molecule has 1 aromatic carbocycles. The van der Waals surface area contributed by atoms with Gasteiger partial charge in [-0.25, -0.2) is 9.18 Å². The molecule has 1 N–H and O–H groups in total. The lowest BCUT2D eigenvalue weighted by Gasteiger charge is -2.34. The number of halogens is 1. The maximum atomic E-state index is 12.9. The van der Waals surface area contributed by atoms with E-state index in [0.717, 1.165) is 18.4 Å². The smallest absolute Gasteiger partial charge is 0.410 e. The summed E-state index contributed by atoms with van der Waals surface area (Å²) in [5.41, 5.74) is 0.258. The van der Waals surface area contributed by atoms with E-state index in [1.54, 1.807) is 17.0 Å². The van der Waals surface area contributed by atoms with Gasteiger partial charge in [0.2, 0.25) is 0 Å². The van der Waals surface area contributed by atoms with Gasteiger partial charge in [-0.3, -0.25) is 0 Å². The molecule has 0 saturated carbocycles. The van der Waals surface area contributed by atoms with Crippen LogP contribution in [0.5, 0.6) is 0 Å². The summed E-state index contributed by atoms with van der Waals surface area (Å²) in [5.74, 6) is 0.0559. The molecular formula is C18H26FNO3. The maximum absolute atomic E-state index is 12.9. The minimum absolute atomic E-state index is 0.268. The minimum Gasteiger partial charge on any atom is -0.444 e. The molecule has 0 aliphatic carbocycles. The molecule has 5 heteroatoms. The Labute approximate surface area is 137 Å². The highest BCUT2D eigenvalue weighted by atomic mass is 19.1. The fraction of sp³-hybridized carbons (Fsp3) is 0.611. The van der Waals surface area contributed by atoms with E-state index in [0.29, 0.717) is 25.4 Å². The molecule has 0 bridgehead atoms. The second kappa shape index (κ2) is 7.30. The van der Waals surface area contributed by atoms with Crippen molar-refractivity contribution in [1.82, 2.24) is 4.90 Å². The van der Waals surface area contributed by atoms with Crippen molar-refractivity contribution in [2.24, 2.45) is 5.92 Å². The number of aliphatic hydroxyl groups is 1. The topological polar surface area (TPSA) is 49.8 Å². The number of likely N-dealkylation sites (tertiary alicyclic amines) is 1. The number of carbonyl (C=O) groups is 1. The molecule has 0 unspecified atom stereocenters. The average molecular weight is 323 g/mol. The van der Waals surface area contributed by atoms with Crippen molar-refractivity contribution >= 4 is 6.09 Å². The van der Waals surface area contributed by atoms with Crippen molar-refractivity contribution in [3.63, 3.8) is 0 Å². The van der Waals surface area contributed by atoms with Crippen LogP contribution < -0.4 is 0 Å². The Bertz CT molecular complexity index is 516. The Morgan fingerprint density at radius 3 is 2.39 bits per heavy atom. The summed E-state index contributed by atoms with van der Waals surface area (Å²) >= 11 is 0. The van der Waals surface area contributed by atoms with Gasteiger partial charge in [0.25, 0.3) is 0 Å². The molecule has 1 saturated heterocycles. The minimum atomic E-state index is -0.589. The zero-order valence-electron chi connectivity index (χ0n) is 14.1. The molecule has 1 heterocycles. The number of hydrogen-bond acceptors (Lipinski definition) is 3. The summed E-state index contributed by atoms with van der Waals surface area (Å²) < 4.78 is 18.3. The highest BCUT2D eigenvalue weighted by Gasteiger charge is 2.28. The van der Waals surface area contributed by atoms with Crippen LogP contribution in [0.25, 0.3) is 0 Å². The Morgan fingerprint density at radius 1 is 1.30 bits per heavy atom. The van der Waals surface area contributed by atoms with Crippen molar-refractivity contribution in [3.05, 3.63) is 35.6 Å². The van der Waals surface area contributed by atoms with Gasteiger partial charge in [-0.2, -0.15) is 0 Å². The van der Waals surface area contributed by atoms with Crippen LogP contribution in [0.1, 0.15) is 51.7 Å². The zero-order chi connectivity index (χ0) is 17.0. The molecule has 1 atom stereocenters. The summed E-state index contributed by atoms with van der Waals surface area (Å²) in [4.78, 5) is 13.7. The Hall–Kier alpha value is -1.62. The van der Waals surface area contributed by atoms with Crippen molar-refractivity contribution in [2.75, 3.05) is 13.1 Å². The Morgan fingerprint density at radius 2 is 1.87 bits per heavy atom. The molecule has 1 amide bonds. The van der Waals surface area contributed by atoms with E-state index in [4.69, 9.17) is 4.74 Å². The van der Waals surface area contributed by atoms with Gasteiger partial charge in [0.05, 0.1) is 6.10 Å². The molecule has 1 aromatic rings. The second-order valence-electron chi connectivity index (χ2n) is 7.21. The molecule has 2 rings (SSSR count). The molecule has 1 fully saturated rings. The van der Waals surface area contributed by atoms with Gasteiger partial charge in [-0.15, -0.1) is 0 Å². The lowest BCUT2D eigenvalue weighted by Crippen LogP contribution is -2.41. The standard InChI is InChI=1S/C18H26FNO3/c1-18(2,3)23-17(22)20-10-8-13(9-11-20)12-16(21)14-4-6-15(19)7-5-14/h4-7,13,16,21H,8-12H2,1-3H3/t16-/m0/s1. The second-order valence-corrected chi connectivity index (χ2v) is 7.21. The molecule has 0 aromatic heterocycles. The molecule has 23 heavy (non-hydrogen) atoms. The number of nitrogens with zero attached hydrogens (tertiary/aromatic N) is 1. The third-order valence-corrected chi connectivity index (χ3v) is 4.08. The number of carbonyl (C=O) groups excluding carboxylic acids is 1. The fourth-order valence-electron chi connectivity index (χ4n) is 2.81. The van der Waals surface area contributed by atoms with Gasteiger partial charge < -0.3 is 14.7 Å². The number of rotatable bonds is 3. The number of ether oxygens (including phenoxy) is 1. The van der Waals surface area contributed by atoms with Gasteiger partial charge >= 0.3 is 6.09 Å². The Kier molecular flexibility index (Phi) is 5.63. The van der Waals surface area contributed by atoms with Crippen LogP contribution in [-0.2, 0) is 4.74 Å². The fourth-order valence-corrected chi connectivity index (χ4v) is 2.81. The van der Waals surface area contributed by atoms with Crippen molar-refractivity contribution in [2.45, 2.75) is 51.7 Å². The van der Waals surface area contributed by atoms with Gasteiger partial charge in [-0.1, -0.05) is 12.1 Å². The van der Waals surface area contributed by atoms with E-state index in [9.17, 15) is 14.3 Å². The first-order valence-electron chi connectivity index (χ1n) is 8.16. The lowest BCUT2D eigenvalue weighted by atomic mass is 9.89. The third kappa shape index (κ3) is 5.50. The number of benzene rings is 1. The number of hydrogen-bond donors (Lipinski definition) is 1. The molecule has 1 aliphatic rings. The van der Waals surface area contributed by atoms with Crippen LogP contribution >= 0.6 is 0 Å². The molecule has 0 radical (unpaired) electrons. The molecule has 4 nitrogen and oxygen atoms in total.